The second-order valence-corrected chi connectivity index (χ2v) is 6.17. The van der Waals surface area contributed by atoms with Crippen LogP contribution in [0, 0.1) is 12.8 Å². The summed E-state index contributed by atoms with van der Waals surface area (Å²) in [6.07, 6.45) is 3.16. The highest BCUT2D eigenvalue weighted by atomic mass is 32.1. The third-order valence-corrected chi connectivity index (χ3v) is 4.57. The van der Waals surface area contributed by atoms with E-state index in [1.165, 1.54) is 10.4 Å². The Morgan fingerprint density at radius 3 is 3.20 bits per heavy atom. The number of thiophene rings is 1. The van der Waals surface area contributed by atoms with E-state index in [0.29, 0.717) is 23.2 Å². The minimum atomic E-state index is -0.298. The van der Waals surface area contributed by atoms with E-state index in [1.54, 1.807) is 18.3 Å². The minimum absolute atomic E-state index is 0.0285. The summed E-state index contributed by atoms with van der Waals surface area (Å²) in [7, 11) is 0. The van der Waals surface area contributed by atoms with Crippen LogP contribution < -0.4 is 0 Å². The average molecular weight is 292 g/mol. The van der Waals surface area contributed by atoms with Crippen molar-refractivity contribution in [2.75, 3.05) is 0 Å². The van der Waals surface area contributed by atoms with Crippen molar-refractivity contribution in [3.8, 4) is 0 Å². The molecule has 0 N–H and O–H groups in total. The molecule has 0 aromatic carbocycles. The highest BCUT2D eigenvalue weighted by Crippen LogP contribution is 2.33. The SMILES string of the molecule is Cc1noc(COC(=O)c2csc3c2CCC(C)C3)n1. The minimum Gasteiger partial charge on any atom is -0.452 e. The molecule has 0 bridgehead atoms. The van der Waals surface area contributed by atoms with Crippen LogP contribution in [0.2, 0.25) is 0 Å². The Balaban J connectivity index is 1.69. The molecule has 5 nitrogen and oxygen atoms in total. The van der Waals surface area contributed by atoms with E-state index in [1.807, 2.05) is 5.38 Å². The van der Waals surface area contributed by atoms with Crippen molar-refractivity contribution in [2.24, 2.45) is 5.92 Å². The number of hydrogen-bond acceptors (Lipinski definition) is 6. The molecule has 1 unspecified atom stereocenters. The van der Waals surface area contributed by atoms with Gasteiger partial charge in [-0.15, -0.1) is 11.3 Å². The normalized spacial score (nSPS) is 17.8. The van der Waals surface area contributed by atoms with E-state index in [-0.39, 0.29) is 12.6 Å². The number of nitrogens with zero attached hydrogens (tertiary/aromatic N) is 2. The molecule has 0 fully saturated rings. The third-order valence-electron chi connectivity index (χ3n) is 3.52. The number of carbonyl (C=O) groups is 1. The molecule has 1 atom stereocenters. The van der Waals surface area contributed by atoms with E-state index in [4.69, 9.17) is 9.26 Å². The predicted molar refractivity (Wildman–Crippen MR) is 73.7 cm³/mol. The Kier molecular flexibility index (Phi) is 3.56. The van der Waals surface area contributed by atoms with Crippen molar-refractivity contribution in [3.63, 3.8) is 0 Å². The summed E-state index contributed by atoms with van der Waals surface area (Å²) in [6, 6.07) is 0. The summed E-state index contributed by atoms with van der Waals surface area (Å²) in [6.45, 7) is 4.00. The number of esters is 1. The molecule has 0 amide bonds. The molecule has 0 radical (unpaired) electrons. The smallest absolute Gasteiger partial charge is 0.339 e. The molecule has 2 aromatic rings. The zero-order valence-electron chi connectivity index (χ0n) is 11.5. The second kappa shape index (κ2) is 5.36. The van der Waals surface area contributed by atoms with Crippen LogP contribution in [-0.4, -0.2) is 16.1 Å². The van der Waals surface area contributed by atoms with Gasteiger partial charge in [0.1, 0.15) is 0 Å². The number of aromatic nitrogens is 2. The molecule has 1 aliphatic carbocycles. The highest BCUT2D eigenvalue weighted by molar-refractivity contribution is 7.10. The van der Waals surface area contributed by atoms with E-state index >= 15 is 0 Å². The lowest BCUT2D eigenvalue weighted by atomic mass is 9.88. The van der Waals surface area contributed by atoms with Gasteiger partial charge in [-0.05, 0) is 37.7 Å². The first-order valence-electron chi connectivity index (χ1n) is 6.69. The number of rotatable bonds is 3. The van der Waals surface area contributed by atoms with Gasteiger partial charge in [0.25, 0.3) is 5.89 Å². The summed E-state index contributed by atoms with van der Waals surface area (Å²) >= 11 is 1.66. The first-order chi connectivity index (χ1) is 9.63. The molecule has 20 heavy (non-hydrogen) atoms. The van der Waals surface area contributed by atoms with Crippen LogP contribution in [0.15, 0.2) is 9.90 Å². The first-order valence-corrected chi connectivity index (χ1v) is 7.57. The van der Waals surface area contributed by atoms with Crippen LogP contribution in [0.1, 0.15) is 45.9 Å². The summed E-state index contributed by atoms with van der Waals surface area (Å²) in [5, 5.41) is 5.57. The lowest BCUT2D eigenvalue weighted by molar-refractivity contribution is 0.0429. The van der Waals surface area contributed by atoms with Gasteiger partial charge in [0.05, 0.1) is 5.56 Å². The first kappa shape index (κ1) is 13.3. The van der Waals surface area contributed by atoms with Crippen molar-refractivity contribution in [1.29, 1.82) is 0 Å². The Morgan fingerprint density at radius 2 is 2.45 bits per heavy atom. The second-order valence-electron chi connectivity index (χ2n) is 5.21. The van der Waals surface area contributed by atoms with Gasteiger partial charge in [-0.1, -0.05) is 12.1 Å². The zero-order chi connectivity index (χ0) is 14.1. The van der Waals surface area contributed by atoms with Crippen molar-refractivity contribution >= 4 is 17.3 Å². The van der Waals surface area contributed by atoms with E-state index in [2.05, 4.69) is 17.1 Å². The van der Waals surface area contributed by atoms with Crippen LogP contribution in [0.5, 0.6) is 0 Å². The van der Waals surface area contributed by atoms with Crippen molar-refractivity contribution < 1.29 is 14.1 Å². The lowest BCUT2D eigenvalue weighted by Gasteiger charge is -2.18. The van der Waals surface area contributed by atoms with Crippen molar-refractivity contribution in [1.82, 2.24) is 10.1 Å². The fourth-order valence-electron chi connectivity index (χ4n) is 2.45. The molecule has 2 aromatic heterocycles. The fraction of sp³-hybridized carbons (Fsp3) is 0.500. The number of ether oxygens (including phenoxy) is 1. The monoisotopic (exact) mass is 292 g/mol. The van der Waals surface area contributed by atoms with Crippen molar-refractivity contribution in [2.45, 2.75) is 39.7 Å². The average Bonchev–Trinajstić information content (AvgIpc) is 3.01. The van der Waals surface area contributed by atoms with Crippen LogP contribution in [0.3, 0.4) is 0 Å². The van der Waals surface area contributed by atoms with Gasteiger partial charge in [0, 0.05) is 10.3 Å². The van der Waals surface area contributed by atoms with E-state index in [0.717, 1.165) is 19.3 Å². The molecule has 0 aliphatic heterocycles. The van der Waals surface area contributed by atoms with Gasteiger partial charge < -0.3 is 9.26 Å². The maximum Gasteiger partial charge on any atom is 0.339 e. The number of aryl methyl sites for hydroxylation is 1. The molecule has 0 saturated carbocycles. The van der Waals surface area contributed by atoms with Crippen LogP contribution in [-0.2, 0) is 24.2 Å². The molecule has 3 rings (SSSR count). The maximum atomic E-state index is 12.1. The zero-order valence-corrected chi connectivity index (χ0v) is 12.3. The van der Waals surface area contributed by atoms with Gasteiger partial charge in [0.2, 0.25) is 0 Å². The maximum absolute atomic E-state index is 12.1. The van der Waals surface area contributed by atoms with Gasteiger partial charge >= 0.3 is 5.97 Å². The summed E-state index contributed by atoms with van der Waals surface area (Å²) < 4.78 is 10.2. The van der Waals surface area contributed by atoms with Crippen LogP contribution >= 0.6 is 11.3 Å². The van der Waals surface area contributed by atoms with Gasteiger partial charge in [-0.2, -0.15) is 4.98 Å². The third kappa shape index (κ3) is 2.60. The van der Waals surface area contributed by atoms with E-state index in [9.17, 15) is 4.79 Å². The topological polar surface area (TPSA) is 65.2 Å². The molecule has 2 heterocycles. The molecule has 0 saturated heterocycles. The Morgan fingerprint density at radius 1 is 1.60 bits per heavy atom. The number of fused-ring (bicyclic) bond motifs is 1. The largest absolute Gasteiger partial charge is 0.452 e. The Hall–Kier alpha value is -1.69. The van der Waals surface area contributed by atoms with Gasteiger partial charge in [-0.25, -0.2) is 4.79 Å². The molecule has 0 spiro atoms. The van der Waals surface area contributed by atoms with Crippen LogP contribution in [0.4, 0.5) is 0 Å². The molecular weight excluding hydrogens is 276 g/mol. The fourth-order valence-corrected chi connectivity index (χ4v) is 3.69. The van der Waals surface area contributed by atoms with Crippen LogP contribution in [0.25, 0.3) is 0 Å². The Labute approximate surface area is 121 Å². The Bertz CT molecular complexity index is 632. The number of hydrogen-bond donors (Lipinski definition) is 0. The summed E-state index contributed by atoms with van der Waals surface area (Å²) in [4.78, 5) is 17.5. The van der Waals surface area contributed by atoms with Gasteiger partial charge in [0.15, 0.2) is 12.4 Å². The predicted octanol–water partition coefficient (Wildman–Crippen LogP) is 2.92. The number of carbonyl (C=O) groups excluding carboxylic acids is 1. The van der Waals surface area contributed by atoms with Crippen molar-refractivity contribution in [3.05, 3.63) is 33.1 Å². The summed E-state index contributed by atoms with van der Waals surface area (Å²) in [5.41, 5.74) is 1.87. The molecular formula is C14H16N2O3S. The lowest BCUT2D eigenvalue weighted by Crippen LogP contribution is -2.13. The summed E-state index contributed by atoms with van der Waals surface area (Å²) in [5.74, 6) is 1.27. The van der Waals surface area contributed by atoms with E-state index < -0.39 is 0 Å². The molecule has 1 aliphatic rings. The molecule has 6 heteroatoms. The van der Waals surface area contributed by atoms with Gasteiger partial charge in [-0.3, -0.25) is 0 Å². The molecule has 106 valence electrons. The standard InChI is InChI=1S/C14H16N2O3S/c1-8-3-4-10-11(7-20-12(10)5-8)14(17)18-6-13-15-9(2)16-19-13/h7-8H,3-6H2,1-2H3. The highest BCUT2D eigenvalue weighted by Gasteiger charge is 2.24. The quantitative estimate of drug-likeness (QED) is 0.814.